The van der Waals surface area contributed by atoms with Gasteiger partial charge in [0.05, 0.1) is 9.79 Å². The molecule has 0 unspecified atom stereocenters. The number of hydrogen-bond acceptors (Lipinski definition) is 5. The zero-order valence-corrected chi connectivity index (χ0v) is 18.0. The van der Waals surface area contributed by atoms with Gasteiger partial charge >= 0.3 is 0 Å². The number of amides is 1. The maximum atomic E-state index is 12.9. The third-order valence-electron chi connectivity index (χ3n) is 4.98. The summed E-state index contributed by atoms with van der Waals surface area (Å²) >= 11 is 0. The summed E-state index contributed by atoms with van der Waals surface area (Å²) < 4.78 is 50.6. The molecule has 2 aromatic carbocycles. The number of rotatable bonds is 5. The Morgan fingerprint density at radius 1 is 0.966 bits per heavy atom. The SMILES string of the molecule is Cc1cccc(NC(=O)C2CCN(S(=O)(=O)c3cccc(S(C)(=O)=O)c3)CC2)c1. The molecule has 0 bridgehead atoms. The number of benzene rings is 2. The van der Waals surface area contributed by atoms with Gasteiger partial charge in [0.1, 0.15) is 0 Å². The molecule has 0 atom stereocenters. The molecule has 1 heterocycles. The van der Waals surface area contributed by atoms with Gasteiger partial charge in [0.25, 0.3) is 0 Å². The lowest BCUT2D eigenvalue weighted by atomic mass is 9.97. The number of aryl methyl sites for hydroxylation is 1. The van der Waals surface area contributed by atoms with E-state index in [-0.39, 0.29) is 34.7 Å². The van der Waals surface area contributed by atoms with Crippen LogP contribution in [-0.4, -0.2) is 46.4 Å². The number of hydrogen-bond donors (Lipinski definition) is 1. The Bertz CT molecular complexity index is 1120. The summed E-state index contributed by atoms with van der Waals surface area (Å²) in [5.74, 6) is -0.393. The van der Waals surface area contributed by atoms with E-state index in [0.717, 1.165) is 17.5 Å². The first-order valence-corrected chi connectivity index (χ1v) is 12.6. The number of carbonyl (C=O) groups is 1. The number of nitrogens with one attached hydrogen (secondary N) is 1. The van der Waals surface area contributed by atoms with Gasteiger partial charge in [0.15, 0.2) is 9.84 Å². The standard InChI is InChI=1S/C20H24N2O5S2/c1-15-5-3-6-17(13-15)21-20(23)16-9-11-22(12-10-16)29(26,27)19-8-4-7-18(14-19)28(2,24)25/h3-8,13-14,16H,9-12H2,1-2H3,(H,21,23). The molecule has 156 valence electrons. The zero-order valence-electron chi connectivity index (χ0n) is 16.3. The highest BCUT2D eigenvalue weighted by Gasteiger charge is 2.32. The molecule has 0 aliphatic carbocycles. The molecule has 1 N–H and O–H groups in total. The number of sulfonamides is 1. The van der Waals surface area contributed by atoms with Gasteiger partial charge < -0.3 is 5.32 Å². The second-order valence-electron chi connectivity index (χ2n) is 7.28. The van der Waals surface area contributed by atoms with Crippen molar-refractivity contribution in [3.8, 4) is 0 Å². The number of sulfone groups is 1. The van der Waals surface area contributed by atoms with E-state index in [0.29, 0.717) is 12.8 Å². The average Bonchev–Trinajstić information content (AvgIpc) is 2.67. The Labute approximate surface area is 171 Å². The number of piperidine rings is 1. The third-order valence-corrected chi connectivity index (χ3v) is 7.99. The van der Waals surface area contributed by atoms with Crippen LogP contribution in [0.2, 0.25) is 0 Å². The number of nitrogens with zero attached hydrogens (tertiary/aromatic N) is 1. The smallest absolute Gasteiger partial charge is 0.243 e. The van der Waals surface area contributed by atoms with E-state index in [1.807, 2.05) is 31.2 Å². The molecule has 1 saturated heterocycles. The van der Waals surface area contributed by atoms with Crippen LogP contribution in [0.5, 0.6) is 0 Å². The first kappa shape index (κ1) is 21.5. The molecule has 7 nitrogen and oxygen atoms in total. The van der Waals surface area contributed by atoms with Gasteiger partial charge in [-0.2, -0.15) is 4.31 Å². The molecule has 0 saturated carbocycles. The predicted octanol–water partition coefficient (Wildman–Crippen LogP) is 2.44. The van der Waals surface area contributed by atoms with Crippen LogP contribution >= 0.6 is 0 Å². The van der Waals surface area contributed by atoms with Gasteiger partial charge in [-0.3, -0.25) is 4.79 Å². The van der Waals surface area contributed by atoms with Crippen molar-refractivity contribution in [1.29, 1.82) is 0 Å². The molecule has 1 amide bonds. The highest BCUT2D eigenvalue weighted by molar-refractivity contribution is 7.91. The van der Waals surface area contributed by atoms with Crippen LogP contribution in [0.4, 0.5) is 5.69 Å². The molecule has 29 heavy (non-hydrogen) atoms. The highest BCUT2D eigenvalue weighted by Crippen LogP contribution is 2.26. The summed E-state index contributed by atoms with van der Waals surface area (Å²) in [4.78, 5) is 12.4. The van der Waals surface area contributed by atoms with Crippen LogP contribution < -0.4 is 5.32 Å². The molecule has 9 heteroatoms. The normalized spacial score (nSPS) is 16.5. The van der Waals surface area contributed by atoms with Crippen LogP contribution in [0.25, 0.3) is 0 Å². The van der Waals surface area contributed by atoms with Gasteiger partial charge in [-0.25, -0.2) is 16.8 Å². The van der Waals surface area contributed by atoms with Gasteiger partial charge in [-0.1, -0.05) is 18.2 Å². The predicted molar refractivity (Wildman–Crippen MR) is 111 cm³/mol. The molecular weight excluding hydrogens is 412 g/mol. The molecule has 0 aromatic heterocycles. The summed E-state index contributed by atoms with van der Waals surface area (Å²) in [6, 6.07) is 12.9. The van der Waals surface area contributed by atoms with Crippen molar-refractivity contribution >= 4 is 31.5 Å². The zero-order chi connectivity index (χ0) is 21.2. The summed E-state index contributed by atoms with van der Waals surface area (Å²) in [5, 5.41) is 2.89. The molecule has 1 fully saturated rings. The Morgan fingerprint density at radius 3 is 2.21 bits per heavy atom. The molecule has 3 rings (SSSR count). The van der Waals surface area contributed by atoms with Gasteiger partial charge in [0, 0.05) is 31.0 Å². The van der Waals surface area contributed by atoms with Crippen molar-refractivity contribution in [3.05, 3.63) is 54.1 Å². The lowest BCUT2D eigenvalue weighted by molar-refractivity contribution is -0.120. The Kier molecular flexibility index (Phi) is 6.11. The topological polar surface area (TPSA) is 101 Å². The van der Waals surface area contributed by atoms with Crippen molar-refractivity contribution < 1.29 is 21.6 Å². The van der Waals surface area contributed by atoms with Crippen molar-refractivity contribution in [2.45, 2.75) is 29.6 Å². The van der Waals surface area contributed by atoms with Crippen LogP contribution in [0.3, 0.4) is 0 Å². The molecule has 1 aliphatic heterocycles. The Hall–Kier alpha value is -2.23. The lowest BCUT2D eigenvalue weighted by Gasteiger charge is -2.30. The minimum atomic E-state index is -3.82. The summed E-state index contributed by atoms with van der Waals surface area (Å²) in [6.45, 7) is 2.35. The fourth-order valence-corrected chi connectivity index (χ4v) is 5.60. The second-order valence-corrected chi connectivity index (χ2v) is 11.2. The maximum absolute atomic E-state index is 12.9. The van der Waals surface area contributed by atoms with Crippen LogP contribution in [0.15, 0.2) is 58.3 Å². The van der Waals surface area contributed by atoms with Crippen molar-refractivity contribution in [3.63, 3.8) is 0 Å². The molecule has 0 radical (unpaired) electrons. The van der Waals surface area contributed by atoms with E-state index < -0.39 is 19.9 Å². The second kappa shape index (κ2) is 8.25. The number of anilines is 1. The van der Waals surface area contributed by atoms with E-state index >= 15 is 0 Å². The van der Waals surface area contributed by atoms with Crippen LogP contribution in [0.1, 0.15) is 18.4 Å². The van der Waals surface area contributed by atoms with Crippen molar-refractivity contribution in [2.24, 2.45) is 5.92 Å². The third kappa shape index (κ3) is 5.04. The maximum Gasteiger partial charge on any atom is 0.243 e. The van der Waals surface area contributed by atoms with E-state index in [1.165, 1.54) is 28.6 Å². The van der Waals surface area contributed by atoms with E-state index in [4.69, 9.17) is 0 Å². The molecule has 2 aromatic rings. The summed E-state index contributed by atoms with van der Waals surface area (Å²) in [7, 11) is -7.33. The first-order chi connectivity index (χ1) is 13.6. The van der Waals surface area contributed by atoms with Crippen molar-refractivity contribution in [2.75, 3.05) is 24.7 Å². The van der Waals surface area contributed by atoms with Gasteiger partial charge in [-0.05, 0) is 55.7 Å². The Morgan fingerprint density at radius 2 is 1.59 bits per heavy atom. The number of carbonyl (C=O) groups excluding carboxylic acids is 1. The van der Waals surface area contributed by atoms with Crippen LogP contribution in [-0.2, 0) is 24.7 Å². The molecular formula is C20H24N2O5S2. The Balaban J connectivity index is 1.67. The first-order valence-electron chi connectivity index (χ1n) is 9.25. The van der Waals surface area contributed by atoms with E-state index in [1.54, 1.807) is 0 Å². The van der Waals surface area contributed by atoms with Crippen LogP contribution in [0, 0.1) is 12.8 Å². The minimum Gasteiger partial charge on any atom is -0.326 e. The van der Waals surface area contributed by atoms with Crippen molar-refractivity contribution in [1.82, 2.24) is 4.31 Å². The lowest BCUT2D eigenvalue weighted by Crippen LogP contribution is -2.41. The van der Waals surface area contributed by atoms with Gasteiger partial charge in [-0.15, -0.1) is 0 Å². The monoisotopic (exact) mass is 436 g/mol. The van der Waals surface area contributed by atoms with E-state index in [2.05, 4.69) is 5.32 Å². The highest BCUT2D eigenvalue weighted by atomic mass is 32.2. The summed E-state index contributed by atoms with van der Waals surface area (Å²) in [5.41, 5.74) is 1.77. The average molecular weight is 437 g/mol. The molecule has 0 spiro atoms. The van der Waals surface area contributed by atoms with E-state index in [9.17, 15) is 21.6 Å². The minimum absolute atomic E-state index is 0.0361. The largest absolute Gasteiger partial charge is 0.326 e. The van der Waals surface area contributed by atoms with Gasteiger partial charge in [0.2, 0.25) is 15.9 Å². The quantitative estimate of drug-likeness (QED) is 0.776. The molecule has 1 aliphatic rings. The fourth-order valence-electron chi connectivity index (χ4n) is 3.34. The summed E-state index contributed by atoms with van der Waals surface area (Å²) in [6.07, 6.45) is 1.85. The fraction of sp³-hybridized carbons (Fsp3) is 0.350.